The first-order valence-corrected chi connectivity index (χ1v) is 8.39. The fraction of sp³-hybridized carbons (Fsp3) is 0.867. The summed E-state index contributed by atoms with van der Waals surface area (Å²) in [7, 11) is 0. The van der Waals surface area contributed by atoms with Crippen LogP contribution in [0.4, 0.5) is 18.0 Å². The van der Waals surface area contributed by atoms with Gasteiger partial charge in [0.1, 0.15) is 0 Å². The van der Waals surface area contributed by atoms with Crippen LogP contribution in [-0.4, -0.2) is 73.9 Å². The Bertz CT molecular complexity index is 408. The maximum Gasteiger partial charge on any atom is 0.409 e. The van der Waals surface area contributed by atoms with E-state index in [2.05, 4.69) is 10.3 Å². The molecule has 0 atom stereocenters. The molecule has 1 fully saturated rings. The molecule has 0 radical (unpaired) electrons. The van der Waals surface area contributed by atoms with E-state index in [0.717, 1.165) is 0 Å². The van der Waals surface area contributed by atoms with E-state index in [0.29, 0.717) is 58.3 Å². The van der Waals surface area contributed by atoms with Crippen LogP contribution in [0, 0.1) is 0 Å². The molecule has 1 rings (SSSR count). The topological polar surface area (TPSA) is 57.2 Å². The Morgan fingerprint density at radius 3 is 2.29 bits per heavy atom. The molecule has 1 heterocycles. The van der Waals surface area contributed by atoms with Crippen molar-refractivity contribution >= 4 is 12.1 Å². The van der Waals surface area contributed by atoms with Crippen LogP contribution in [0.3, 0.4) is 0 Å². The van der Waals surface area contributed by atoms with E-state index in [4.69, 9.17) is 4.74 Å². The average molecular weight is 352 g/mol. The minimum atomic E-state index is -4.10. The number of hydrogen-bond donors (Lipinski definition) is 1. The second kappa shape index (κ2) is 10.2. The van der Waals surface area contributed by atoms with Gasteiger partial charge in [-0.15, -0.1) is 0 Å². The van der Waals surface area contributed by atoms with E-state index in [1.165, 1.54) is 0 Å². The maximum atomic E-state index is 12.1. The van der Waals surface area contributed by atoms with Gasteiger partial charge in [-0.25, -0.2) is 4.79 Å². The van der Waals surface area contributed by atoms with Crippen molar-refractivity contribution < 1.29 is 22.7 Å². The summed E-state index contributed by atoms with van der Waals surface area (Å²) < 4.78 is 41.3. The molecule has 0 aliphatic carbocycles. The van der Waals surface area contributed by atoms with Crippen molar-refractivity contribution in [3.63, 3.8) is 0 Å². The lowest BCUT2D eigenvalue weighted by molar-refractivity contribution is -0.135. The molecule has 1 N–H and O–H groups in total. The van der Waals surface area contributed by atoms with Crippen LogP contribution >= 0.6 is 0 Å². The number of guanidine groups is 1. The highest BCUT2D eigenvalue weighted by atomic mass is 19.4. The fourth-order valence-corrected chi connectivity index (χ4v) is 2.36. The summed E-state index contributed by atoms with van der Waals surface area (Å²) in [4.78, 5) is 19.7. The highest BCUT2D eigenvalue weighted by Crippen LogP contribution is 2.22. The number of alkyl halides is 3. The highest BCUT2D eigenvalue weighted by Gasteiger charge is 2.26. The number of unbranched alkanes of at least 4 members (excludes halogenated alkanes) is 1. The zero-order chi connectivity index (χ0) is 18.0. The number of hydrogen-bond acceptors (Lipinski definition) is 3. The first-order valence-electron chi connectivity index (χ1n) is 8.39. The molecule has 1 aliphatic rings. The lowest BCUT2D eigenvalue weighted by Crippen LogP contribution is -2.53. The van der Waals surface area contributed by atoms with E-state index < -0.39 is 12.6 Å². The standard InChI is InChI=1S/C15H27F3N4O2/c1-3-19-13(20-8-6-5-7-15(16,17)18)21-9-11-22(12-10-21)14(23)24-4-2/h3-12H2,1-2H3,(H,19,20). The second-order valence-corrected chi connectivity index (χ2v) is 5.48. The number of piperazine rings is 1. The summed E-state index contributed by atoms with van der Waals surface area (Å²) in [5.74, 6) is 0.688. The smallest absolute Gasteiger partial charge is 0.409 e. The zero-order valence-corrected chi connectivity index (χ0v) is 14.4. The van der Waals surface area contributed by atoms with Crippen LogP contribution in [0.5, 0.6) is 0 Å². The number of rotatable bonds is 6. The molecule has 24 heavy (non-hydrogen) atoms. The third-order valence-electron chi connectivity index (χ3n) is 3.57. The van der Waals surface area contributed by atoms with Gasteiger partial charge < -0.3 is 19.9 Å². The fourth-order valence-electron chi connectivity index (χ4n) is 2.36. The quantitative estimate of drug-likeness (QED) is 0.453. The first kappa shape index (κ1) is 20.4. The van der Waals surface area contributed by atoms with Crippen LogP contribution in [0.15, 0.2) is 4.99 Å². The molecule has 6 nitrogen and oxygen atoms in total. The third-order valence-corrected chi connectivity index (χ3v) is 3.57. The van der Waals surface area contributed by atoms with Crippen molar-refractivity contribution in [2.24, 2.45) is 4.99 Å². The summed E-state index contributed by atoms with van der Waals surface area (Å²) >= 11 is 0. The van der Waals surface area contributed by atoms with Gasteiger partial charge in [0.25, 0.3) is 0 Å². The normalized spacial score (nSPS) is 16.3. The third kappa shape index (κ3) is 7.74. The molecule has 9 heteroatoms. The number of nitrogens with zero attached hydrogens (tertiary/aromatic N) is 3. The summed E-state index contributed by atoms with van der Waals surface area (Å²) in [5, 5.41) is 3.15. The van der Waals surface area contributed by atoms with Gasteiger partial charge in [-0.3, -0.25) is 4.99 Å². The number of aliphatic imine (C=N–C) groups is 1. The van der Waals surface area contributed by atoms with Gasteiger partial charge in [0.15, 0.2) is 5.96 Å². The van der Waals surface area contributed by atoms with Crippen LogP contribution in [-0.2, 0) is 4.74 Å². The molecule has 0 unspecified atom stereocenters. The monoisotopic (exact) mass is 352 g/mol. The Balaban J connectivity index is 2.42. The Kier molecular flexibility index (Phi) is 8.70. The number of nitrogens with one attached hydrogen (secondary N) is 1. The van der Waals surface area contributed by atoms with Gasteiger partial charge in [0, 0.05) is 45.7 Å². The minimum absolute atomic E-state index is 0.0864. The molecule has 140 valence electrons. The van der Waals surface area contributed by atoms with Crippen molar-refractivity contribution in [1.82, 2.24) is 15.1 Å². The molecular weight excluding hydrogens is 325 g/mol. The molecule has 0 spiro atoms. The maximum absolute atomic E-state index is 12.1. The van der Waals surface area contributed by atoms with Crippen LogP contribution in [0.2, 0.25) is 0 Å². The number of amides is 1. The van der Waals surface area contributed by atoms with Crippen molar-refractivity contribution in [3.8, 4) is 0 Å². The van der Waals surface area contributed by atoms with Crippen molar-refractivity contribution in [3.05, 3.63) is 0 Å². The van der Waals surface area contributed by atoms with Crippen LogP contribution < -0.4 is 5.32 Å². The number of carbonyl (C=O) groups is 1. The summed E-state index contributed by atoms with van der Waals surface area (Å²) in [5.41, 5.74) is 0. The largest absolute Gasteiger partial charge is 0.450 e. The molecule has 1 saturated heterocycles. The molecule has 0 aromatic heterocycles. The SMILES string of the molecule is CCNC(=NCCCCC(F)(F)F)N1CCN(C(=O)OCC)CC1. The predicted molar refractivity (Wildman–Crippen MR) is 86.1 cm³/mol. The summed E-state index contributed by atoms with van der Waals surface area (Å²) in [6.07, 6.45) is -4.69. The average Bonchev–Trinajstić information content (AvgIpc) is 2.53. The predicted octanol–water partition coefficient (Wildman–Crippen LogP) is 2.46. The molecule has 0 bridgehead atoms. The van der Waals surface area contributed by atoms with E-state index in [9.17, 15) is 18.0 Å². The number of halogens is 3. The summed E-state index contributed by atoms with van der Waals surface area (Å²) in [6.45, 7) is 7.41. The van der Waals surface area contributed by atoms with Crippen molar-refractivity contribution in [1.29, 1.82) is 0 Å². The van der Waals surface area contributed by atoms with E-state index in [-0.39, 0.29) is 12.5 Å². The molecule has 0 saturated carbocycles. The molecule has 0 aromatic rings. The van der Waals surface area contributed by atoms with Gasteiger partial charge >= 0.3 is 12.3 Å². The van der Waals surface area contributed by atoms with E-state index in [1.807, 2.05) is 11.8 Å². The number of ether oxygens (including phenoxy) is 1. The second-order valence-electron chi connectivity index (χ2n) is 5.48. The lowest BCUT2D eigenvalue weighted by Gasteiger charge is -2.35. The van der Waals surface area contributed by atoms with Crippen LogP contribution in [0.1, 0.15) is 33.1 Å². The highest BCUT2D eigenvalue weighted by molar-refractivity contribution is 5.80. The Labute approximate surface area is 141 Å². The number of carbonyl (C=O) groups excluding carboxylic acids is 1. The zero-order valence-electron chi connectivity index (χ0n) is 14.4. The Hall–Kier alpha value is -1.67. The molecule has 0 aromatic carbocycles. The van der Waals surface area contributed by atoms with E-state index in [1.54, 1.807) is 11.8 Å². The summed E-state index contributed by atoms with van der Waals surface area (Å²) in [6, 6.07) is 0. The molecule has 1 aliphatic heterocycles. The molecule has 1 amide bonds. The van der Waals surface area contributed by atoms with Gasteiger partial charge in [0.05, 0.1) is 6.61 Å². The Morgan fingerprint density at radius 1 is 1.12 bits per heavy atom. The van der Waals surface area contributed by atoms with Crippen LogP contribution in [0.25, 0.3) is 0 Å². The minimum Gasteiger partial charge on any atom is -0.450 e. The van der Waals surface area contributed by atoms with Gasteiger partial charge in [-0.05, 0) is 26.7 Å². The van der Waals surface area contributed by atoms with E-state index >= 15 is 0 Å². The van der Waals surface area contributed by atoms with Crippen molar-refractivity contribution in [2.75, 3.05) is 45.9 Å². The van der Waals surface area contributed by atoms with Gasteiger partial charge in [-0.1, -0.05) is 0 Å². The van der Waals surface area contributed by atoms with Gasteiger partial charge in [0.2, 0.25) is 0 Å². The lowest BCUT2D eigenvalue weighted by atomic mass is 10.2. The first-order chi connectivity index (χ1) is 11.4. The van der Waals surface area contributed by atoms with Crippen molar-refractivity contribution in [2.45, 2.75) is 39.3 Å². The Morgan fingerprint density at radius 2 is 1.75 bits per heavy atom. The van der Waals surface area contributed by atoms with Gasteiger partial charge in [-0.2, -0.15) is 13.2 Å². The molecular formula is C15H27F3N4O2.